The van der Waals surface area contributed by atoms with Crippen molar-refractivity contribution in [3.8, 4) is 11.5 Å². The van der Waals surface area contributed by atoms with Crippen molar-refractivity contribution in [1.29, 1.82) is 0 Å². The number of hydrogen-bond donors (Lipinski definition) is 0. The molecular formula is C23H30N2O5S. The van der Waals surface area contributed by atoms with Gasteiger partial charge in [-0.2, -0.15) is 0 Å². The molecule has 0 radical (unpaired) electrons. The van der Waals surface area contributed by atoms with Crippen LogP contribution in [0.3, 0.4) is 0 Å². The Kier molecular flexibility index (Phi) is 7.92. The zero-order valence-corrected chi connectivity index (χ0v) is 19.3. The van der Waals surface area contributed by atoms with Crippen LogP contribution in [0.4, 0.5) is 0 Å². The summed E-state index contributed by atoms with van der Waals surface area (Å²) in [5.41, 5.74) is 1.11. The number of ether oxygens (including phenoxy) is 3. The summed E-state index contributed by atoms with van der Waals surface area (Å²) in [5.74, 6) is 1.00. The van der Waals surface area contributed by atoms with Gasteiger partial charge in [0.1, 0.15) is 19.8 Å². The largest absolute Gasteiger partial charge is 0.493 e. The van der Waals surface area contributed by atoms with Crippen LogP contribution in [-0.2, 0) is 20.7 Å². The number of amides is 2. The molecule has 2 amide bonds. The van der Waals surface area contributed by atoms with Gasteiger partial charge in [-0.25, -0.2) is 0 Å². The minimum absolute atomic E-state index is 0.0183. The first kappa shape index (κ1) is 23.1. The van der Waals surface area contributed by atoms with Gasteiger partial charge in [0.05, 0.1) is 13.2 Å². The fourth-order valence-corrected chi connectivity index (χ4v) is 4.71. The Morgan fingerprint density at radius 1 is 1.19 bits per heavy atom. The van der Waals surface area contributed by atoms with E-state index in [1.807, 2.05) is 43.0 Å². The van der Waals surface area contributed by atoms with Crippen molar-refractivity contribution in [2.75, 3.05) is 40.5 Å². The van der Waals surface area contributed by atoms with Crippen LogP contribution in [-0.4, -0.2) is 68.2 Å². The molecular weight excluding hydrogens is 416 g/mol. The molecule has 1 aliphatic heterocycles. The number of benzene rings is 1. The van der Waals surface area contributed by atoms with E-state index in [1.165, 1.54) is 12.0 Å². The topological polar surface area (TPSA) is 68.3 Å². The van der Waals surface area contributed by atoms with E-state index in [2.05, 4.69) is 11.4 Å². The minimum Gasteiger partial charge on any atom is -0.493 e. The number of methoxy groups -OCH3 is 2. The maximum atomic E-state index is 13.3. The molecule has 0 saturated carbocycles. The molecule has 1 aromatic heterocycles. The van der Waals surface area contributed by atoms with Gasteiger partial charge in [0.15, 0.2) is 11.5 Å². The number of carbonyl (C=O) groups excluding carboxylic acids is 2. The molecule has 1 aromatic carbocycles. The van der Waals surface area contributed by atoms with Crippen LogP contribution >= 0.6 is 11.3 Å². The molecule has 2 aromatic rings. The predicted molar refractivity (Wildman–Crippen MR) is 120 cm³/mol. The van der Waals surface area contributed by atoms with Crippen LogP contribution in [0.15, 0.2) is 35.7 Å². The predicted octanol–water partition coefficient (Wildman–Crippen LogP) is 3.14. The number of nitrogens with zero attached hydrogens (tertiary/aromatic N) is 2. The van der Waals surface area contributed by atoms with E-state index in [9.17, 15) is 9.59 Å². The average molecular weight is 447 g/mol. The highest BCUT2D eigenvalue weighted by Gasteiger charge is 2.34. The number of fused-ring (bicyclic) bond motifs is 1. The standard InChI is InChI=1S/C23H30N2O5S/c1-16(2)25(23(27)15-28-3)13-22(26)24-11-9-21-17(10-12-31-21)18(24)14-30-20-8-6-5-7-19(20)29-4/h5-8,10,12,16,18H,9,11,13-15H2,1-4H3. The Labute approximate surface area is 187 Å². The van der Waals surface area contributed by atoms with Crippen molar-refractivity contribution in [3.63, 3.8) is 0 Å². The molecule has 1 unspecified atom stereocenters. The van der Waals surface area contributed by atoms with Gasteiger partial charge in [-0.1, -0.05) is 12.1 Å². The lowest BCUT2D eigenvalue weighted by molar-refractivity contribution is -0.146. The Morgan fingerprint density at radius 3 is 2.61 bits per heavy atom. The number of hydrogen-bond acceptors (Lipinski definition) is 6. The van der Waals surface area contributed by atoms with Gasteiger partial charge in [0, 0.05) is 24.6 Å². The molecule has 1 aliphatic rings. The summed E-state index contributed by atoms with van der Waals surface area (Å²) in [5, 5.41) is 2.05. The summed E-state index contributed by atoms with van der Waals surface area (Å²) < 4.78 is 16.5. The smallest absolute Gasteiger partial charge is 0.249 e. The molecule has 3 rings (SSSR count). The van der Waals surface area contributed by atoms with Crippen LogP contribution in [0.1, 0.15) is 30.3 Å². The van der Waals surface area contributed by atoms with Crippen molar-refractivity contribution in [2.45, 2.75) is 32.4 Å². The average Bonchev–Trinajstić information content (AvgIpc) is 3.24. The maximum Gasteiger partial charge on any atom is 0.249 e. The lowest BCUT2D eigenvalue weighted by atomic mass is 10.0. The van der Waals surface area contributed by atoms with Crippen molar-refractivity contribution >= 4 is 23.2 Å². The van der Waals surface area contributed by atoms with Crippen LogP contribution in [0, 0.1) is 0 Å². The van der Waals surface area contributed by atoms with Crippen LogP contribution in [0.2, 0.25) is 0 Å². The Bertz CT molecular complexity index is 898. The van der Waals surface area contributed by atoms with Gasteiger partial charge in [-0.15, -0.1) is 11.3 Å². The second-order valence-electron chi connectivity index (χ2n) is 7.66. The van der Waals surface area contributed by atoms with E-state index >= 15 is 0 Å². The third kappa shape index (κ3) is 5.37. The van der Waals surface area contributed by atoms with Gasteiger partial charge in [-0.3, -0.25) is 9.59 Å². The molecule has 0 spiro atoms. The Balaban J connectivity index is 1.79. The van der Waals surface area contributed by atoms with Crippen molar-refractivity contribution in [3.05, 3.63) is 46.2 Å². The van der Waals surface area contributed by atoms with Crippen LogP contribution in [0.25, 0.3) is 0 Å². The molecule has 2 heterocycles. The highest BCUT2D eigenvalue weighted by Crippen LogP contribution is 2.35. The molecule has 0 saturated heterocycles. The first-order chi connectivity index (χ1) is 15.0. The molecule has 31 heavy (non-hydrogen) atoms. The SMILES string of the molecule is COCC(=O)N(CC(=O)N1CCc2sccc2C1COc1ccccc1OC)C(C)C. The fraction of sp³-hybridized carbons (Fsp3) is 0.478. The van der Waals surface area contributed by atoms with Gasteiger partial charge in [0.25, 0.3) is 0 Å². The summed E-state index contributed by atoms with van der Waals surface area (Å²) in [4.78, 5) is 30.4. The van der Waals surface area contributed by atoms with Crippen molar-refractivity contribution in [1.82, 2.24) is 9.80 Å². The van der Waals surface area contributed by atoms with Gasteiger partial charge in [-0.05, 0) is 49.4 Å². The second-order valence-corrected chi connectivity index (χ2v) is 8.66. The van der Waals surface area contributed by atoms with Crippen molar-refractivity contribution < 1.29 is 23.8 Å². The normalized spacial score (nSPS) is 15.5. The summed E-state index contributed by atoms with van der Waals surface area (Å²) in [6.45, 7) is 4.68. The third-order valence-electron chi connectivity index (χ3n) is 5.40. The zero-order valence-electron chi connectivity index (χ0n) is 18.5. The first-order valence-corrected chi connectivity index (χ1v) is 11.2. The summed E-state index contributed by atoms with van der Waals surface area (Å²) in [6, 6.07) is 9.21. The van der Waals surface area contributed by atoms with Crippen LogP contribution < -0.4 is 9.47 Å². The third-order valence-corrected chi connectivity index (χ3v) is 6.39. The molecule has 7 nitrogen and oxygen atoms in total. The lowest BCUT2D eigenvalue weighted by Gasteiger charge is -2.37. The molecule has 0 fully saturated rings. The molecule has 168 valence electrons. The summed E-state index contributed by atoms with van der Waals surface area (Å²) in [7, 11) is 3.08. The Hall–Kier alpha value is -2.58. The summed E-state index contributed by atoms with van der Waals surface area (Å²) >= 11 is 1.70. The van der Waals surface area contributed by atoms with E-state index in [-0.39, 0.29) is 37.0 Å². The quantitative estimate of drug-likeness (QED) is 0.592. The molecule has 0 aliphatic carbocycles. The zero-order chi connectivity index (χ0) is 22.4. The van der Waals surface area contributed by atoms with Gasteiger partial charge >= 0.3 is 0 Å². The number of para-hydroxylation sites is 2. The number of rotatable bonds is 9. The second kappa shape index (κ2) is 10.6. The number of thiophene rings is 1. The molecule has 8 heteroatoms. The monoisotopic (exact) mass is 446 g/mol. The number of carbonyl (C=O) groups is 2. The highest BCUT2D eigenvalue weighted by atomic mass is 32.1. The molecule has 0 bridgehead atoms. The van der Waals surface area contributed by atoms with E-state index in [1.54, 1.807) is 23.3 Å². The minimum atomic E-state index is -0.223. The highest BCUT2D eigenvalue weighted by molar-refractivity contribution is 7.10. The van der Waals surface area contributed by atoms with E-state index in [0.29, 0.717) is 24.7 Å². The first-order valence-electron chi connectivity index (χ1n) is 10.4. The fourth-order valence-electron chi connectivity index (χ4n) is 3.78. The summed E-state index contributed by atoms with van der Waals surface area (Å²) in [6.07, 6.45) is 0.803. The maximum absolute atomic E-state index is 13.3. The molecule has 1 atom stereocenters. The lowest BCUT2D eigenvalue weighted by Crippen LogP contribution is -2.50. The van der Waals surface area contributed by atoms with Gasteiger partial charge in [0.2, 0.25) is 11.8 Å². The molecule has 0 N–H and O–H groups in total. The van der Waals surface area contributed by atoms with E-state index in [0.717, 1.165) is 12.0 Å². The Morgan fingerprint density at radius 2 is 1.94 bits per heavy atom. The van der Waals surface area contributed by atoms with E-state index < -0.39 is 0 Å². The van der Waals surface area contributed by atoms with Gasteiger partial charge < -0.3 is 24.0 Å². The van der Waals surface area contributed by atoms with E-state index in [4.69, 9.17) is 14.2 Å². The van der Waals surface area contributed by atoms with Crippen molar-refractivity contribution in [2.24, 2.45) is 0 Å². The van der Waals surface area contributed by atoms with Crippen LogP contribution in [0.5, 0.6) is 11.5 Å².